The SMILES string of the molecule is CC1C[C@H](n2ccc3c(NC4CCc5ccccc54)ncnc32)C[C@H]1CO.CC1C[C@H](n2ccc3c(NC4CCc5ccccc54)ncnc32)C[C@H]1COS(N)(=O)=O.COC[C@@H]1C[C@@H](n2ccc3c(NC4CCc5ccccc54)ncnc32)CC1C. The van der Waals surface area contributed by atoms with Gasteiger partial charge in [-0.2, -0.15) is 8.42 Å². The molecule has 450 valence electrons. The van der Waals surface area contributed by atoms with Crippen molar-refractivity contribution in [2.75, 3.05) is 42.9 Å². The molecule has 12 atom stereocenters. The highest BCUT2D eigenvalue weighted by atomic mass is 32.2. The minimum Gasteiger partial charge on any atom is -0.396 e. The number of hydrogen-bond acceptors (Lipinski definition) is 14. The van der Waals surface area contributed by atoms with E-state index in [0.717, 1.165) is 128 Å². The smallest absolute Gasteiger partial charge is 0.333 e. The quantitative estimate of drug-likeness (QED) is 0.0644. The zero-order chi connectivity index (χ0) is 59.1. The molecule has 18 nitrogen and oxygen atoms in total. The van der Waals surface area contributed by atoms with Crippen molar-refractivity contribution in [3.63, 3.8) is 0 Å². The summed E-state index contributed by atoms with van der Waals surface area (Å²) in [5, 5.41) is 28.8. The molecule has 15 rings (SSSR count). The maximum absolute atomic E-state index is 11.2. The molecule has 0 bridgehead atoms. The number of anilines is 3. The fraction of sp³-hybridized carbons (Fsp3) is 0.463. The zero-order valence-electron chi connectivity index (χ0n) is 49.7. The third-order valence-electron chi connectivity index (χ3n) is 20.2. The highest BCUT2D eigenvalue weighted by Crippen LogP contribution is 2.45. The first-order chi connectivity index (χ1) is 41.9. The number of fused-ring (bicyclic) bond motifs is 6. The standard InChI is InChI=1S/C23H28N4O.C22H27N5O3S.C22H26N4O/c1-15-11-18(12-17(15)13-28-2)27-10-9-20-22(24-14-25-23(20)27)26-21-8-7-16-5-3-4-6-19(16)21;1-14-10-17(11-16(14)12-30-31(23,28)29)27-9-8-19-21(24-13-25-22(19)27)26-20-7-6-15-4-2-3-5-18(15)20;1-14-10-17(11-16(14)12-27)26-9-8-19-21(23-13-24-22(19)26)25-20-7-6-15-4-2-3-5-18(15)20/h3-6,9-10,14-15,17-18,21H,7-8,11-13H2,1-2H3,(H,24,25,26);2-5,8-9,13-14,16-17,20H,6-7,10-12H2,1H3,(H2,23,28,29)(H,24,25,26);2-5,8-9,13-14,16-17,20,27H,6-7,10-12H2,1H3,(H,23,24,25)/t15?,17-,18-,21?;2*14?,16-,17-,20?/m000/s1. The van der Waals surface area contributed by atoms with E-state index in [1.165, 1.54) is 39.8 Å². The molecule has 6 aliphatic rings. The number of nitrogens with one attached hydrogen (secondary N) is 3. The molecular weight excluding hydrogens is 1100 g/mol. The minimum absolute atomic E-state index is 0.124. The molecule has 0 amide bonds. The summed E-state index contributed by atoms with van der Waals surface area (Å²) in [4.78, 5) is 27.5. The lowest BCUT2D eigenvalue weighted by Crippen LogP contribution is -2.21. The molecule has 0 spiro atoms. The zero-order valence-corrected chi connectivity index (χ0v) is 50.6. The van der Waals surface area contributed by atoms with E-state index in [4.69, 9.17) is 14.1 Å². The number of nitrogens with two attached hydrogens (primary N) is 1. The number of nitrogens with zero attached hydrogens (tertiary/aromatic N) is 9. The van der Waals surface area contributed by atoms with Crippen molar-refractivity contribution in [2.45, 2.75) is 134 Å². The van der Waals surface area contributed by atoms with E-state index in [2.05, 4.69) is 190 Å². The van der Waals surface area contributed by atoms with E-state index < -0.39 is 10.3 Å². The summed E-state index contributed by atoms with van der Waals surface area (Å²) in [7, 11) is -2.11. The first-order valence-electron chi connectivity index (χ1n) is 31.1. The van der Waals surface area contributed by atoms with Crippen molar-refractivity contribution >= 4 is 60.9 Å². The van der Waals surface area contributed by atoms with Crippen molar-refractivity contribution in [3.8, 4) is 0 Å². The second kappa shape index (κ2) is 24.8. The molecule has 6 N–H and O–H groups in total. The van der Waals surface area contributed by atoms with Crippen molar-refractivity contribution in [1.82, 2.24) is 43.6 Å². The number of aliphatic hydroxyl groups excluding tert-OH is 1. The molecule has 86 heavy (non-hydrogen) atoms. The van der Waals surface area contributed by atoms with Crippen molar-refractivity contribution in [3.05, 3.63) is 162 Å². The van der Waals surface area contributed by atoms with Gasteiger partial charge in [0.1, 0.15) is 53.4 Å². The van der Waals surface area contributed by atoms with Crippen LogP contribution in [0.2, 0.25) is 0 Å². The number of ether oxygens (including phenoxy) is 1. The van der Waals surface area contributed by atoms with Crippen molar-refractivity contribution in [1.29, 1.82) is 0 Å². The number of aromatic nitrogens is 9. The summed E-state index contributed by atoms with van der Waals surface area (Å²) in [6, 6.07) is 34.4. The summed E-state index contributed by atoms with van der Waals surface area (Å²) in [6.07, 6.45) is 24.2. The van der Waals surface area contributed by atoms with Crippen LogP contribution in [-0.2, 0) is 38.5 Å². The Morgan fingerprint density at radius 3 is 1.20 bits per heavy atom. The first-order valence-corrected chi connectivity index (χ1v) is 32.6. The van der Waals surface area contributed by atoms with E-state index in [-0.39, 0.29) is 31.2 Å². The van der Waals surface area contributed by atoms with Gasteiger partial charge in [0.2, 0.25) is 0 Å². The van der Waals surface area contributed by atoms with Crippen LogP contribution in [0.15, 0.2) is 129 Å². The molecule has 6 aliphatic carbocycles. The van der Waals surface area contributed by atoms with Gasteiger partial charge < -0.3 is 39.5 Å². The average molecular weight is 1180 g/mol. The van der Waals surface area contributed by atoms with Crippen LogP contribution in [0.1, 0.15) is 148 Å². The molecule has 0 saturated heterocycles. The fourth-order valence-electron chi connectivity index (χ4n) is 15.5. The lowest BCUT2D eigenvalue weighted by atomic mass is 10.00. The number of benzene rings is 3. The van der Waals surface area contributed by atoms with Gasteiger partial charge in [-0.15, -0.1) is 0 Å². The summed E-state index contributed by atoms with van der Waals surface area (Å²) in [6.45, 7) is 7.96. The lowest BCUT2D eigenvalue weighted by Gasteiger charge is -2.17. The average Bonchev–Trinajstić information content (AvgIpc) is 2.47. The summed E-state index contributed by atoms with van der Waals surface area (Å²) >= 11 is 0. The third kappa shape index (κ3) is 11.8. The Hall–Kier alpha value is -7.29. The first kappa shape index (κ1) is 57.8. The van der Waals surface area contributed by atoms with Crippen LogP contribution < -0.4 is 21.1 Å². The molecule has 6 heterocycles. The largest absolute Gasteiger partial charge is 0.396 e. The van der Waals surface area contributed by atoms with Gasteiger partial charge in [-0.3, -0.25) is 4.18 Å². The monoisotopic (exact) mass is 1180 g/mol. The van der Waals surface area contributed by atoms with Gasteiger partial charge in [0.15, 0.2) is 0 Å². The minimum atomic E-state index is -3.92. The van der Waals surface area contributed by atoms with E-state index in [1.807, 2.05) is 0 Å². The Morgan fingerprint density at radius 1 is 0.500 bits per heavy atom. The second-order valence-corrected chi connectivity index (χ2v) is 26.6. The van der Waals surface area contributed by atoms with Gasteiger partial charge in [0.25, 0.3) is 0 Å². The van der Waals surface area contributed by atoms with Crippen LogP contribution in [0.25, 0.3) is 33.1 Å². The number of aryl methyl sites for hydroxylation is 3. The molecule has 3 aromatic carbocycles. The Morgan fingerprint density at radius 2 is 0.849 bits per heavy atom. The van der Waals surface area contributed by atoms with Gasteiger partial charge in [-0.25, -0.2) is 35.0 Å². The van der Waals surface area contributed by atoms with Crippen LogP contribution in [0.3, 0.4) is 0 Å². The Balaban J connectivity index is 0.000000120. The van der Waals surface area contributed by atoms with E-state index in [9.17, 15) is 13.5 Å². The normalized spacial score (nSPS) is 26.5. The number of hydrogen-bond donors (Lipinski definition) is 5. The van der Waals surface area contributed by atoms with Gasteiger partial charge in [0.05, 0.1) is 40.9 Å². The Bertz CT molecular complexity index is 3960. The highest BCUT2D eigenvalue weighted by Gasteiger charge is 2.37. The molecule has 6 aromatic heterocycles. The highest BCUT2D eigenvalue weighted by molar-refractivity contribution is 7.84. The van der Waals surface area contributed by atoms with E-state index in [1.54, 1.807) is 26.1 Å². The van der Waals surface area contributed by atoms with Gasteiger partial charge in [-0.05, 0) is 164 Å². The second-order valence-electron chi connectivity index (χ2n) is 25.4. The van der Waals surface area contributed by atoms with Gasteiger partial charge in [0, 0.05) is 57.0 Å². The lowest BCUT2D eigenvalue weighted by molar-refractivity contribution is 0.136. The number of aliphatic hydroxyl groups is 1. The Labute approximate surface area is 504 Å². The van der Waals surface area contributed by atoms with Crippen LogP contribution in [0.4, 0.5) is 17.5 Å². The fourth-order valence-corrected chi connectivity index (χ4v) is 15.8. The predicted octanol–water partition coefficient (Wildman–Crippen LogP) is 12.2. The molecule has 0 aliphatic heterocycles. The molecule has 3 fully saturated rings. The maximum atomic E-state index is 11.2. The molecule has 0 radical (unpaired) electrons. The maximum Gasteiger partial charge on any atom is 0.333 e. The summed E-state index contributed by atoms with van der Waals surface area (Å²) < 4.78 is 39.5. The topological polar surface area (TPSA) is 227 Å². The van der Waals surface area contributed by atoms with Crippen molar-refractivity contribution < 1.29 is 22.4 Å². The summed E-state index contributed by atoms with van der Waals surface area (Å²) in [5.41, 5.74) is 11.4. The number of rotatable bonds is 15. The van der Waals surface area contributed by atoms with Gasteiger partial charge >= 0.3 is 10.3 Å². The van der Waals surface area contributed by atoms with Crippen LogP contribution >= 0.6 is 0 Å². The predicted molar refractivity (Wildman–Crippen MR) is 337 cm³/mol. The van der Waals surface area contributed by atoms with E-state index >= 15 is 0 Å². The number of methoxy groups -OCH3 is 1. The van der Waals surface area contributed by atoms with Crippen molar-refractivity contribution in [2.24, 2.45) is 40.6 Å². The van der Waals surface area contributed by atoms with E-state index in [0.29, 0.717) is 53.8 Å². The molecule has 19 heteroatoms. The summed E-state index contributed by atoms with van der Waals surface area (Å²) in [5.74, 6) is 5.43. The molecule has 9 aromatic rings. The van der Waals surface area contributed by atoms with Crippen LogP contribution in [0.5, 0.6) is 0 Å². The van der Waals surface area contributed by atoms with Gasteiger partial charge in [-0.1, -0.05) is 93.6 Å². The molecular formula is C67H81N13O5S. The molecule has 6 unspecified atom stereocenters. The van der Waals surface area contributed by atoms with Crippen LogP contribution in [-0.4, -0.2) is 84.1 Å². The van der Waals surface area contributed by atoms with Crippen LogP contribution in [0, 0.1) is 35.5 Å². The Kier molecular flexibility index (Phi) is 16.7. The molecule has 3 saturated carbocycles. The third-order valence-corrected chi connectivity index (χ3v) is 20.6.